The molecule has 1 aromatic rings. The van der Waals surface area contributed by atoms with E-state index in [2.05, 4.69) is 10.6 Å². The molecule has 0 unspecified atom stereocenters. The predicted octanol–water partition coefficient (Wildman–Crippen LogP) is 4.24. The first-order valence-corrected chi connectivity index (χ1v) is 7.89. The molecule has 5 heteroatoms. The van der Waals surface area contributed by atoms with Crippen LogP contribution in [0.5, 0.6) is 0 Å². The van der Waals surface area contributed by atoms with E-state index in [1.165, 1.54) is 25.7 Å². The number of benzene rings is 1. The Kier molecular flexibility index (Phi) is 5.99. The fourth-order valence-electron chi connectivity index (χ4n) is 2.54. The number of carbonyl (C=O) groups excluding carboxylic acids is 1. The lowest BCUT2D eigenvalue weighted by atomic mass is 10.1. The van der Waals surface area contributed by atoms with Crippen LogP contribution in [0.3, 0.4) is 0 Å². The minimum atomic E-state index is -0.00659. The lowest BCUT2D eigenvalue weighted by molar-refractivity contribution is -0.120. The molecule has 110 valence electrons. The van der Waals surface area contributed by atoms with Crippen molar-refractivity contribution in [1.29, 1.82) is 0 Å². The third-order valence-electron chi connectivity index (χ3n) is 3.61. The van der Waals surface area contributed by atoms with Gasteiger partial charge in [-0.05, 0) is 25.0 Å². The van der Waals surface area contributed by atoms with E-state index in [1.807, 2.05) is 0 Å². The fraction of sp³-hybridized carbons (Fsp3) is 0.533. The Morgan fingerprint density at radius 3 is 2.30 bits per heavy atom. The summed E-state index contributed by atoms with van der Waals surface area (Å²) in [7, 11) is 0. The van der Waals surface area contributed by atoms with Crippen LogP contribution in [-0.4, -0.2) is 18.5 Å². The van der Waals surface area contributed by atoms with Gasteiger partial charge < -0.3 is 10.6 Å². The van der Waals surface area contributed by atoms with Crippen molar-refractivity contribution in [2.24, 2.45) is 0 Å². The SMILES string of the molecule is O=C(CNc1c(Cl)cccc1Cl)NC1CCCCCC1. The fourth-order valence-corrected chi connectivity index (χ4v) is 3.07. The molecule has 1 aromatic carbocycles. The van der Waals surface area contributed by atoms with Crippen molar-refractivity contribution >= 4 is 34.8 Å². The third kappa shape index (κ3) is 4.57. The van der Waals surface area contributed by atoms with Crippen molar-refractivity contribution in [2.75, 3.05) is 11.9 Å². The van der Waals surface area contributed by atoms with E-state index in [0.29, 0.717) is 21.8 Å². The molecule has 1 aliphatic carbocycles. The van der Waals surface area contributed by atoms with Crippen LogP contribution in [0.4, 0.5) is 5.69 Å². The van der Waals surface area contributed by atoms with Gasteiger partial charge in [0.1, 0.15) is 0 Å². The average Bonchev–Trinajstić information content (AvgIpc) is 2.67. The smallest absolute Gasteiger partial charge is 0.239 e. The minimum Gasteiger partial charge on any atom is -0.374 e. The third-order valence-corrected chi connectivity index (χ3v) is 4.24. The topological polar surface area (TPSA) is 41.1 Å². The Morgan fingerprint density at radius 1 is 1.10 bits per heavy atom. The van der Waals surface area contributed by atoms with Gasteiger partial charge in [-0.15, -0.1) is 0 Å². The lowest BCUT2D eigenvalue weighted by Crippen LogP contribution is -2.38. The number of hydrogen-bond donors (Lipinski definition) is 2. The van der Waals surface area contributed by atoms with Crippen LogP contribution < -0.4 is 10.6 Å². The first-order chi connectivity index (χ1) is 9.66. The van der Waals surface area contributed by atoms with Crippen molar-refractivity contribution in [3.63, 3.8) is 0 Å². The number of para-hydroxylation sites is 1. The number of anilines is 1. The largest absolute Gasteiger partial charge is 0.374 e. The highest BCUT2D eigenvalue weighted by atomic mass is 35.5. The van der Waals surface area contributed by atoms with Gasteiger partial charge in [0, 0.05) is 6.04 Å². The molecule has 2 N–H and O–H groups in total. The van der Waals surface area contributed by atoms with Gasteiger partial charge in [0.15, 0.2) is 0 Å². The molecule has 0 radical (unpaired) electrons. The maximum atomic E-state index is 12.0. The summed E-state index contributed by atoms with van der Waals surface area (Å²) in [4.78, 5) is 12.0. The Labute approximate surface area is 130 Å². The zero-order chi connectivity index (χ0) is 14.4. The van der Waals surface area contributed by atoms with Gasteiger partial charge >= 0.3 is 0 Å². The second-order valence-corrected chi connectivity index (χ2v) is 6.02. The van der Waals surface area contributed by atoms with Gasteiger partial charge in [-0.3, -0.25) is 4.79 Å². The quantitative estimate of drug-likeness (QED) is 0.816. The summed E-state index contributed by atoms with van der Waals surface area (Å²) in [6, 6.07) is 5.59. The normalized spacial score (nSPS) is 16.5. The van der Waals surface area contributed by atoms with Crippen LogP contribution in [0, 0.1) is 0 Å². The molecular weight excluding hydrogens is 295 g/mol. The molecule has 0 heterocycles. The second-order valence-electron chi connectivity index (χ2n) is 5.21. The van der Waals surface area contributed by atoms with E-state index < -0.39 is 0 Å². The monoisotopic (exact) mass is 314 g/mol. The Morgan fingerprint density at radius 2 is 1.70 bits per heavy atom. The summed E-state index contributed by atoms with van der Waals surface area (Å²) in [6.07, 6.45) is 7.13. The van der Waals surface area contributed by atoms with E-state index in [0.717, 1.165) is 12.8 Å². The van der Waals surface area contributed by atoms with Gasteiger partial charge in [0.2, 0.25) is 5.91 Å². The first kappa shape index (κ1) is 15.5. The summed E-state index contributed by atoms with van der Waals surface area (Å²) in [6.45, 7) is 0.194. The zero-order valence-electron chi connectivity index (χ0n) is 11.4. The van der Waals surface area contributed by atoms with E-state index in [4.69, 9.17) is 23.2 Å². The standard InChI is InChI=1S/C15H20Cl2N2O/c16-12-8-5-9-13(17)15(12)18-10-14(20)19-11-6-3-1-2-4-7-11/h5,8-9,11,18H,1-4,6-7,10H2,(H,19,20). The number of nitrogens with one attached hydrogen (secondary N) is 2. The molecule has 0 bridgehead atoms. The highest BCUT2D eigenvalue weighted by molar-refractivity contribution is 6.39. The molecule has 0 saturated heterocycles. The molecule has 0 atom stereocenters. The van der Waals surface area contributed by atoms with Gasteiger partial charge in [-0.2, -0.15) is 0 Å². The van der Waals surface area contributed by atoms with Gasteiger partial charge in [-0.25, -0.2) is 0 Å². The predicted molar refractivity (Wildman–Crippen MR) is 84.6 cm³/mol. The van der Waals surface area contributed by atoms with Crippen molar-refractivity contribution in [3.05, 3.63) is 28.2 Å². The Bertz CT molecular complexity index is 437. The highest BCUT2D eigenvalue weighted by Gasteiger charge is 2.15. The van der Waals surface area contributed by atoms with Crippen LogP contribution in [-0.2, 0) is 4.79 Å². The molecule has 1 fully saturated rings. The number of rotatable bonds is 4. The maximum Gasteiger partial charge on any atom is 0.239 e. The van der Waals surface area contributed by atoms with E-state index in [9.17, 15) is 4.79 Å². The number of carbonyl (C=O) groups is 1. The minimum absolute atomic E-state index is 0.00659. The van der Waals surface area contributed by atoms with Crippen LogP contribution in [0.25, 0.3) is 0 Å². The highest BCUT2D eigenvalue weighted by Crippen LogP contribution is 2.29. The molecule has 0 aliphatic heterocycles. The Balaban J connectivity index is 1.82. The van der Waals surface area contributed by atoms with E-state index in [1.54, 1.807) is 18.2 Å². The molecular formula is C15H20Cl2N2O. The van der Waals surface area contributed by atoms with Crippen LogP contribution in [0.1, 0.15) is 38.5 Å². The molecule has 1 saturated carbocycles. The lowest BCUT2D eigenvalue weighted by Gasteiger charge is -2.17. The van der Waals surface area contributed by atoms with E-state index in [-0.39, 0.29) is 12.5 Å². The van der Waals surface area contributed by atoms with Crippen LogP contribution in [0.15, 0.2) is 18.2 Å². The van der Waals surface area contributed by atoms with Crippen molar-refractivity contribution in [3.8, 4) is 0 Å². The van der Waals surface area contributed by atoms with Crippen molar-refractivity contribution < 1.29 is 4.79 Å². The average molecular weight is 315 g/mol. The molecule has 2 rings (SSSR count). The summed E-state index contributed by atoms with van der Waals surface area (Å²) in [5.74, 6) is -0.00659. The molecule has 3 nitrogen and oxygen atoms in total. The summed E-state index contributed by atoms with van der Waals surface area (Å²) in [5.41, 5.74) is 0.617. The van der Waals surface area contributed by atoms with Gasteiger partial charge in [0.05, 0.1) is 22.3 Å². The number of amides is 1. The van der Waals surface area contributed by atoms with Crippen LogP contribution in [0.2, 0.25) is 10.0 Å². The van der Waals surface area contributed by atoms with E-state index >= 15 is 0 Å². The van der Waals surface area contributed by atoms with Crippen molar-refractivity contribution in [2.45, 2.75) is 44.6 Å². The Hall–Kier alpha value is -0.930. The van der Waals surface area contributed by atoms with Gasteiger partial charge in [0.25, 0.3) is 0 Å². The maximum absolute atomic E-state index is 12.0. The summed E-state index contributed by atoms with van der Waals surface area (Å²) >= 11 is 12.1. The first-order valence-electron chi connectivity index (χ1n) is 7.14. The zero-order valence-corrected chi connectivity index (χ0v) is 12.9. The summed E-state index contributed by atoms with van der Waals surface area (Å²) < 4.78 is 0. The molecule has 0 spiro atoms. The second kappa shape index (κ2) is 7.75. The number of hydrogen-bond acceptors (Lipinski definition) is 2. The van der Waals surface area contributed by atoms with Gasteiger partial charge in [-0.1, -0.05) is 55.0 Å². The molecule has 0 aromatic heterocycles. The number of halogens is 2. The molecule has 1 amide bonds. The van der Waals surface area contributed by atoms with Crippen molar-refractivity contribution in [1.82, 2.24) is 5.32 Å². The van der Waals surface area contributed by atoms with Crippen LogP contribution >= 0.6 is 23.2 Å². The molecule has 20 heavy (non-hydrogen) atoms. The molecule has 1 aliphatic rings. The summed E-state index contributed by atoms with van der Waals surface area (Å²) in [5, 5.41) is 7.15.